The lowest BCUT2D eigenvalue weighted by Gasteiger charge is -2.26. The quantitative estimate of drug-likeness (QED) is 0.174. The van der Waals surface area contributed by atoms with E-state index in [1.54, 1.807) is 0 Å². The molecular formula is C18H28O12. The van der Waals surface area contributed by atoms with E-state index in [-0.39, 0.29) is 25.2 Å². The van der Waals surface area contributed by atoms with Gasteiger partial charge in [-0.25, -0.2) is 19.2 Å². The molecule has 12 heteroatoms. The number of hydrogen-bond acceptors (Lipinski definition) is 8. The summed E-state index contributed by atoms with van der Waals surface area (Å²) in [6, 6.07) is 0. The topological polar surface area (TPSA) is 186 Å². The second-order valence-electron chi connectivity index (χ2n) is 6.40. The summed E-state index contributed by atoms with van der Waals surface area (Å²) >= 11 is 0. The zero-order valence-electron chi connectivity index (χ0n) is 16.8. The van der Waals surface area contributed by atoms with E-state index in [0.29, 0.717) is 6.42 Å². The van der Waals surface area contributed by atoms with Crippen LogP contribution in [0, 0.1) is 5.92 Å². The largest absolute Gasteiger partial charge is 0.506 e. The summed E-state index contributed by atoms with van der Waals surface area (Å²) < 4.78 is 18.4. The molecule has 0 amide bonds. The number of carbonyl (C=O) groups is 4. The number of allylic oxidation sites excluding steroid dienone is 2. The minimum Gasteiger partial charge on any atom is -0.450 e. The summed E-state index contributed by atoms with van der Waals surface area (Å²) in [7, 11) is 0. The molecule has 0 radical (unpaired) electrons. The Morgan fingerprint density at radius 3 is 1.70 bits per heavy atom. The summed E-state index contributed by atoms with van der Waals surface area (Å²) in [5.74, 6) is 0.0716. The highest BCUT2D eigenvalue weighted by molar-refractivity contribution is 5.59. The highest BCUT2D eigenvalue weighted by atomic mass is 16.7. The molecule has 0 aliphatic carbocycles. The molecule has 0 spiro atoms. The Morgan fingerprint density at radius 1 is 0.767 bits per heavy atom. The molecule has 12 nitrogen and oxygen atoms in total. The zero-order chi connectivity index (χ0) is 23.1. The summed E-state index contributed by atoms with van der Waals surface area (Å²) in [5, 5.41) is 35.3. The SMILES string of the molecule is CCC=CC(C)CCC(OC(=O)O)C(CCC(COC(=O)O)OC(=O)O)OC(=O)O. The molecule has 0 rings (SSSR count). The van der Waals surface area contributed by atoms with Gasteiger partial charge in [0.25, 0.3) is 0 Å². The predicted molar refractivity (Wildman–Crippen MR) is 99.7 cm³/mol. The van der Waals surface area contributed by atoms with Crippen LogP contribution in [0.3, 0.4) is 0 Å². The average molecular weight is 436 g/mol. The first-order valence-corrected chi connectivity index (χ1v) is 9.26. The molecule has 4 N–H and O–H groups in total. The Bertz CT molecular complexity index is 588. The molecule has 0 fully saturated rings. The molecule has 0 aromatic rings. The fourth-order valence-corrected chi connectivity index (χ4v) is 2.63. The van der Waals surface area contributed by atoms with Crippen molar-refractivity contribution in [2.24, 2.45) is 5.92 Å². The number of rotatable bonds is 14. The summed E-state index contributed by atoms with van der Waals surface area (Å²) in [6.07, 6.45) is -5.32. The van der Waals surface area contributed by atoms with Crippen molar-refractivity contribution in [1.29, 1.82) is 0 Å². The molecule has 172 valence electrons. The molecule has 0 aromatic carbocycles. The van der Waals surface area contributed by atoms with E-state index in [4.69, 9.17) is 29.9 Å². The van der Waals surface area contributed by atoms with E-state index < -0.39 is 49.5 Å². The predicted octanol–water partition coefficient (Wildman–Crippen LogP) is 4.03. The van der Waals surface area contributed by atoms with Crippen LogP contribution in [0.25, 0.3) is 0 Å². The molecule has 0 aliphatic heterocycles. The van der Waals surface area contributed by atoms with Crippen LogP contribution in [0.15, 0.2) is 12.2 Å². The third-order valence-corrected chi connectivity index (χ3v) is 3.96. The van der Waals surface area contributed by atoms with Gasteiger partial charge in [-0.1, -0.05) is 26.0 Å². The van der Waals surface area contributed by atoms with Crippen molar-refractivity contribution in [3.8, 4) is 0 Å². The lowest BCUT2D eigenvalue weighted by molar-refractivity contribution is -0.0557. The number of hydrogen-bond donors (Lipinski definition) is 4. The molecule has 4 atom stereocenters. The van der Waals surface area contributed by atoms with Crippen molar-refractivity contribution >= 4 is 24.6 Å². The second kappa shape index (κ2) is 14.8. The highest BCUT2D eigenvalue weighted by Crippen LogP contribution is 2.21. The van der Waals surface area contributed by atoms with Gasteiger partial charge in [0.1, 0.15) is 24.9 Å². The molecule has 0 bridgehead atoms. The third kappa shape index (κ3) is 13.9. The Balaban J connectivity index is 5.23. The third-order valence-electron chi connectivity index (χ3n) is 3.96. The maximum absolute atomic E-state index is 11.1. The van der Waals surface area contributed by atoms with Crippen molar-refractivity contribution in [2.75, 3.05) is 6.61 Å². The Hall–Kier alpha value is -3.18. The normalized spacial score (nSPS) is 14.9. The van der Waals surface area contributed by atoms with E-state index >= 15 is 0 Å². The van der Waals surface area contributed by atoms with Gasteiger partial charge in [-0.3, -0.25) is 0 Å². The molecule has 0 aromatic heterocycles. The van der Waals surface area contributed by atoms with Gasteiger partial charge >= 0.3 is 24.6 Å². The zero-order valence-corrected chi connectivity index (χ0v) is 16.8. The van der Waals surface area contributed by atoms with Crippen LogP contribution in [0.4, 0.5) is 19.2 Å². The number of ether oxygens (including phenoxy) is 4. The van der Waals surface area contributed by atoms with Gasteiger partial charge in [0, 0.05) is 0 Å². The van der Waals surface area contributed by atoms with Crippen molar-refractivity contribution < 1.29 is 58.6 Å². The van der Waals surface area contributed by atoms with Gasteiger partial charge in [0.2, 0.25) is 0 Å². The van der Waals surface area contributed by atoms with Crippen molar-refractivity contribution in [1.82, 2.24) is 0 Å². The Morgan fingerprint density at radius 2 is 1.27 bits per heavy atom. The van der Waals surface area contributed by atoms with Gasteiger partial charge < -0.3 is 39.4 Å². The van der Waals surface area contributed by atoms with E-state index in [1.165, 1.54) is 0 Å². The first-order chi connectivity index (χ1) is 14.0. The van der Waals surface area contributed by atoms with Gasteiger partial charge in [-0.2, -0.15) is 0 Å². The fourth-order valence-electron chi connectivity index (χ4n) is 2.63. The van der Waals surface area contributed by atoms with Crippen molar-refractivity contribution in [3.05, 3.63) is 12.2 Å². The lowest BCUT2D eigenvalue weighted by atomic mass is 9.96. The van der Waals surface area contributed by atoms with Crippen LogP contribution in [-0.2, 0) is 18.9 Å². The Labute approximate surface area is 173 Å². The fraction of sp³-hybridized carbons (Fsp3) is 0.667. The van der Waals surface area contributed by atoms with E-state index in [9.17, 15) is 19.2 Å². The van der Waals surface area contributed by atoms with Gasteiger partial charge in [-0.05, 0) is 38.0 Å². The van der Waals surface area contributed by atoms with E-state index in [0.717, 1.165) is 6.42 Å². The lowest BCUT2D eigenvalue weighted by Crippen LogP contribution is -2.36. The van der Waals surface area contributed by atoms with Crippen LogP contribution >= 0.6 is 0 Å². The molecule has 0 saturated carbocycles. The van der Waals surface area contributed by atoms with E-state index in [1.807, 2.05) is 26.0 Å². The van der Waals surface area contributed by atoms with Crippen LogP contribution in [0.2, 0.25) is 0 Å². The van der Waals surface area contributed by atoms with Crippen LogP contribution in [0.5, 0.6) is 0 Å². The second-order valence-corrected chi connectivity index (χ2v) is 6.40. The molecule has 4 unspecified atom stereocenters. The molecule has 0 aliphatic rings. The number of carboxylic acid groups (broad SMARTS) is 4. The van der Waals surface area contributed by atoms with Crippen LogP contribution in [-0.4, -0.2) is 70.0 Å². The first-order valence-electron chi connectivity index (χ1n) is 9.26. The van der Waals surface area contributed by atoms with Gasteiger partial charge in [0.15, 0.2) is 0 Å². The standard InChI is InChI=1S/C18H28O12/c1-3-4-5-11(2)6-8-13(29-17(23)24)14(30-18(25)26)9-7-12(28-16(21)22)10-27-15(19)20/h4-5,11-14H,3,6-10H2,1-2H3,(H,19,20)(H,21,22)(H,23,24)(H,25,26). The maximum atomic E-state index is 11.1. The first kappa shape index (κ1) is 26.8. The Kier molecular flexibility index (Phi) is 13.2. The van der Waals surface area contributed by atoms with Gasteiger partial charge in [0.05, 0.1) is 0 Å². The highest BCUT2D eigenvalue weighted by Gasteiger charge is 2.30. The molecule has 0 saturated heterocycles. The van der Waals surface area contributed by atoms with Gasteiger partial charge in [-0.15, -0.1) is 0 Å². The summed E-state index contributed by atoms with van der Waals surface area (Å²) in [5.41, 5.74) is 0. The minimum absolute atomic E-state index is 0.0716. The maximum Gasteiger partial charge on any atom is 0.506 e. The van der Waals surface area contributed by atoms with E-state index in [2.05, 4.69) is 9.47 Å². The smallest absolute Gasteiger partial charge is 0.450 e. The molecule has 0 heterocycles. The summed E-state index contributed by atoms with van der Waals surface area (Å²) in [6.45, 7) is 3.24. The summed E-state index contributed by atoms with van der Waals surface area (Å²) in [4.78, 5) is 43.4. The molecule has 30 heavy (non-hydrogen) atoms. The van der Waals surface area contributed by atoms with Crippen molar-refractivity contribution in [3.63, 3.8) is 0 Å². The minimum atomic E-state index is -1.68. The molecular weight excluding hydrogens is 408 g/mol. The van der Waals surface area contributed by atoms with Crippen LogP contribution < -0.4 is 0 Å². The van der Waals surface area contributed by atoms with Crippen LogP contribution in [0.1, 0.15) is 46.0 Å². The van der Waals surface area contributed by atoms with Crippen molar-refractivity contribution in [2.45, 2.75) is 64.3 Å². The monoisotopic (exact) mass is 436 g/mol. The average Bonchev–Trinajstić information content (AvgIpc) is 2.63.